The number of aryl methyl sites for hydroxylation is 1. The summed E-state index contributed by atoms with van der Waals surface area (Å²) in [6, 6.07) is 5.22. The minimum absolute atomic E-state index is 0.152. The minimum atomic E-state index is -0.872. The number of hydrogen-bond donors (Lipinski definition) is 2. The zero-order valence-corrected chi connectivity index (χ0v) is 11.1. The van der Waals surface area contributed by atoms with E-state index in [9.17, 15) is 15.0 Å². The molecule has 2 heterocycles. The number of likely N-dealkylation sites (tertiary alicyclic amines) is 1. The van der Waals surface area contributed by atoms with E-state index in [1.807, 2.05) is 13.0 Å². The lowest BCUT2D eigenvalue weighted by Crippen LogP contribution is -2.29. The summed E-state index contributed by atoms with van der Waals surface area (Å²) in [5.74, 6) is -0.214. The van der Waals surface area contributed by atoms with Crippen molar-refractivity contribution in [3.05, 3.63) is 23.8 Å². The van der Waals surface area contributed by atoms with Crippen molar-refractivity contribution in [2.24, 2.45) is 0 Å². The summed E-state index contributed by atoms with van der Waals surface area (Å²) in [6.07, 6.45) is -1.74. The molecule has 0 aliphatic carbocycles. The smallest absolute Gasteiger partial charge is 0.254 e. The summed E-state index contributed by atoms with van der Waals surface area (Å²) in [6.45, 7) is 2.99. The Bertz CT molecular complexity index is 644. The third-order valence-electron chi connectivity index (χ3n) is 3.61. The maximum Gasteiger partial charge on any atom is 0.254 e. The molecule has 7 heteroatoms. The molecule has 1 aliphatic rings. The number of fused-ring (bicyclic) bond motifs is 1. The number of β-amino-alcohol motifs (C(OH)–C–C–N with tert-alkyl or cyclic N) is 2. The molecule has 0 saturated carbocycles. The third-order valence-corrected chi connectivity index (χ3v) is 3.61. The van der Waals surface area contributed by atoms with Crippen molar-refractivity contribution in [2.75, 3.05) is 13.1 Å². The molecule has 1 aromatic heterocycles. The number of carbonyl (C=O) groups excluding carboxylic acids is 1. The van der Waals surface area contributed by atoms with E-state index in [0.29, 0.717) is 17.6 Å². The lowest BCUT2D eigenvalue weighted by Gasteiger charge is -2.15. The molecule has 0 bridgehead atoms. The first-order chi connectivity index (χ1) is 9.60. The van der Waals surface area contributed by atoms with Crippen LogP contribution in [-0.2, 0) is 6.54 Å². The van der Waals surface area contributed by atoms with Gasteiger partial charge in [0, 0.05) is 25.2 Å². The van der Waals surface area contributed by atoms with Crippen LogP contribution < -0.4 is 0 Å². The average Bonchev–Trinajstić information content (AvgIpc) is 3.01. The van der Waals surface area contributed by atoms with Crippen LogP contribution in [0.4, 0.5) is 0 Å². The van der Waals surface area contributed by atoms with Gasteiger partial charge in [0.05, 0.1) is 17.7 Å². The van der Waals surface area contributed by atoms with Crippen LogP contribution in [0.3, 0.4) is 0 Å². The summed E-state index contributed by atoms with van der Waals surface area (Å²) < 4.78 is 1.76. The molecule has 0 spiro atoms. The van der Waals surface area contributed by atoms with Crippen molar-refractivity contribution in [1.29, 1.82) is 0 Å². The predicted molar refractivity (Wildman–Crippen MR) is 71.1 cm³/mol. The van der Waals surface area contributed by atoms with Crippen molar-refractivity contribution in [3.63, 3.8) is 0 Å². The van der Waals surface area contributed by atoms with Gasteiger partial charge < -0.3 is 15.1 Å². The van der Waals surface area contributed by atoms with Gasteiger partial charge in [-0.1, -0.05) is 5.21 Å². The Hall–Kier alpha value is -1.99. The summed E-state index contributed by atoms with van der Waals surface area (Å²) >= 11 is 0. The van der Waals surface area contributed by atoms with E-state index in [0.717, 1.165) is 5.52 Å². The van der Waals surface area contributed by atoms with E-state index in [2.05, 4.69) is 10.3 Å². The van der Waals surface area contributed by atoms with Crippen LogP contribution in [-0.4, -0.2) is 61.3 Å². The van der Waals surface area contributed by atoms with Gasteiger partial charge in [-0.05, 0) is 25.1 Å². The van der Waals surface area contributed by atoms with E-state index in [1.165, 1.54) is 4.90 Å². The largest absolute Gasteiger partial charge is 0.388 e. The second kappa shape index (κ2) is 4.84. The van der Waals surface area contributed by atoms with E-state index in [1.54, 1.807) is 16.8 Å². The van der Waals surface area contributed by atoms with Crippen molar-refractivity contribution >= 4 is 16.9 Å². The van der Waals surface area contributed by atoms with Gasteiger partial charge in [-0.3, -0.25) is 4.79 Å². The van der Waals surface area contributed by atoms with Gasteiger partial charge in [0.1, 0.15) is 5.52 Å². The van der Waals surface area contributed by atoms with E-state index in [-0.39, 0.29) is 19.0 Å². The van der Waals surface area contributed by atoms with Gasteiger partial charge in [-0.15, -0.1) is 5.10 Å². The van der Waals surface area contributed by atoms with E-state index in [4.69, 9.17) is 0 Å². The fourth-order valence-corrected chi connectivity index (χ4v) is 2.46. The van der Waals surface area contributed by atoms with Crippen LogP contribution in [0.1, 0.15) is 17.3 Å². The van der Waals surface area contributed by atoms with Gasteiger partial charge in [0.15, 0.2) is 0 Å². The third kappa shape index (κ3) is 2.04. The van der Waals surface area contributed by atoms with Crippen LogP contribution in [0.5, 0.6) is 0 Å². The van der Waals surface area contributed by atoms with Gasteiger partial charge in [-0.2, -0.15) is 0 Å². The quantitative estimate of drug-likeness (QED) is 0.781. The average molecular weight is 276 g/mol. The molecule has 1 aromatic carbocycles. The van der Waals surface area contributed by atoms with Gasteiger partial charge >= 0.3 is 0 Å². The molecule has 3 rings (SSSR count). The molecule has 2 unspecified atom stereocenters. The SMILES string of the molecule is CCn1nnc2cc(C(=O)N3CC(O)C(O)C3)ccc21. The number of aliphatic hydroxyl groups is 2. The Balaban J connectivity index is 1.89. The number of hydrogen-bond acceptors (Lipinski definition) is 5. The molecule has 1 aliphatic heterocycles. The topological polar surface area (TPSA) is 91.5 Å². The molecule has 106 valence electrons. The lowest BCUT2D eigenvalue weighted by atomic mass is 10.1. The summed E-state index contributed by atoms with van der Waals surface area (Å²) in [5.41, 5.74) is 2.03. The Morgan fingerprint density at radius 1 is 1.35 bits per heavy atom. The molecule has 20 heavy (non-hydrogen) atoms. The van der Waals surface area contributed by atoms with Crippen LogP contribution in [0.2, 0.25) is 0 Å². The summed E-state index contributed by atoms with van der Waals surface area (Å²) in [7, 11) is 0. The highest BCUT2D eigenvalue weighted by molar-refractivity contribution is 5.97. The Morgan fingerprint density at radius 3 is 2.70 bits per heavy atom. The van der Waals surface area contributed by atoms with E-state index < -0.39 is 12.2 Å². The number of amides is 1. The minimum Gasteiger partial charge on any atom is -0.388 e. The molecule has 2 atom stereocenters. The Kier molecular flexibility index (Phi) is 3.15. The number of nitrogens with zero attached hydrogens (tertiary/aromatic N) is 4. The summed E-state index contributed by atoms with van der Waals surface area (Å²) in [4.78, 5) is 13.8. The molecular weight excluding hydrogens is 260 g/mol. The van der Waals surface area contributed by atoms with Gasteiger partial charge in [0.2, 0.25) is 0 Å². The standard InChI is InChI=1S/C13H16N4O3/c1-2-17-10-4-3-8(5-9(10)14-15-17)13(20)16-6-11(18)12(19)7-16/h3-5,11-12,18-19H,2,6-7H2,1H3. The fourth-order valence-electron chi connectivity index (χ4n) is 2.46. The van der Waals surface area contributed by atoms with Crippen LogP contribution >= 0.6 is 0 Å². The van der Waals surface area contributed by atoms with Crippen molar-refractivity contribution in [3.8, 4) is 0 Å². The second-order valence-corrected chi connectivity index (χ2v) is 4.95. The lowest BCUT2D eigenvalue weighted by molar-refractivity contribution is 0.0572. The highest BCUT2D eigenvalue weighted by Gasteiger charge is 2.33. The highest BCUT2D eigenvalue weighted by atomic mass is 16.3. The zero-order valence-electron chi connectivity index (χ0n) is 11.1. The number of aromatic nitrogens is 3. The van der Waals surface area contributed by atoms with Crippen molar-refractivity contribution in [2.45, 2.75) is 25.7 Å². The maximum atomic E-state index is 12.3. The molecule has 0 radical (unpaired) electrons. The summed E-state index contributed by atoms with van der Waals surface area (Å²) in [5, 5.41) is 27.0. The number of rotatable bonds is 2. The van der Waals surface area contributed by atoms with Crippen LogP contribution in [0, 0.1) is 0 Å². The Labute approximate surface area is 115 Å². The first-order valence-electron chi connectivity index (χ1n) is 6.58. The molecule has 2 aromatic rings. The van der Waals surface area contributed by atoms with Gasteiger partial charge in [-0.25, -0.2) is 4.68 Å². The number of carbonyl (C=O) groups is 1. The normalized spacial score (nSPS) is 22.6. The molecule has 1 amide bonds. The molecular formula is C13H16N4O3. The highest BCUT2D eigenvalue weighted by Crippen LogP contribution is 2.18. The molecule has 1 saturated heterocycles. The molecule has 2 N–H and O–H groups in total. The molecule has 1 fully saturated rings. The monoisotopic (exact) mass is 276 g/mol. The van der Waals surface area contributed by atoms with Gasteiger partial charge in [0.25, 0.3) is 5.91 Å². The maximum absolute atomic E-state index is 12.3. The van der Waals surface area contributed by atoms with Crippen molar-refractivity contribution in [1.82, 2.24) is 19.9 Å². The fraction of sp³-hybridized carbons (Fsp3) is 0.462. The zero-order chi connectivity index (χ0) is 14.3. The first kappa shape index (κ1) is 13.0. The number of aliphatic hydroxyl groups excluding tert-OH is 2. The Morgan fingerprint density at radius 2 is 2.05 bits per heavy atom. The van der Waals surface area contributed by atoms with Crippen LogP contribution in [0.15, 0.2) is 18.2 Å². The number of benzene rings is 1. The van der Waals surface area contributed by atoms with E-state index >= 15 is 0 Å². The molecule has 7 nitrogen and oxygen atoms in total. The first-order valence-corrected chi connectivity index (χ1v) is 6.58. The van der Waals surface area contributed by atoms with Crippen molar-refractivity contribution < 1.29 is 15.0 Å². The van der Waals surface area contributed by atoms with Crippen LogP contribution in [0.25, 0.3) is 11.0 Å². The second-order valence-electron chi connectivity index (χ2n) is 4.95. The predicted octanol–water partition coefficient (Wildman–Crippen LogP) is -0.371.